The lowest BCUT2D eigenvalue weighted by molar-refractivity contribution is -0.138. The van der Waals surface area contributed by atoms with Crippen LogP contribution < -0.4 is 10.1 Å². The molecule has 1 atom stereocenters. The van der Waals surface area contributed by atoms with Crippen LogP contribution >= 0.6 is 23.2 Å². The molecule has 1 aromatic carbocycles. The van der Waals surface area contributed by atoms with Gasteiger partial charge in [0.25, 0.3) is 0 Å². The molecule has 5 nitrogen and oxygen atoms in total. The molecule has 1 N–H and O–H groups in total. The number of likely N-dealkylation sites (tertiary alicyclic amines) is 1. The number of hydrogen-bond donors (Lipinski definition) is 1. The molecule has 3 rings (SSSR count). The highest BCUT2D eigenvalue weighted by Crippen LogP contribution is 2.42. The zero-order valence-corrected chi connectivity index (χ0v) is 13.4. The Morgan fingerprint density at radius 3 is 2.95 bits per heavy atom. The monoisotopic (exact) mass is 342 g/mol. The molecule has 0 aliphatic carbocycles. The van der Waals surface area contributed by atoms with Gasteiger partial charge in [0, 0.05) is 18.5 Å². The van der Waals surface area contributed by atoms with Crippen LogP contribution in [-0.2, 0) is 9.59 Å². The summed E-state index contributed by atoms with van der Waals surface area (Å²) >= 11 is 12.0. The summed E-state index contributed by atoms with van der Waals surface area (Å²) < 4.78 is 5.52. The molecule has 1 fully saturated rings. The van der Waals surface area contributed by atoms with Gasteiger partial charge in [0.05, 0.1) is 17.6 Å². The first-order valence-corrected chi connectivity index (χ1v) is 7.99. The molecular weight excluding hydrogens is 327 g/mol. The predicted molar refractivity (Wildman–Crippen MR) is 83.3 cm³/mol. The summed E-state index contributed by atoms with van der Waals surface area (Å²) in [5, 5.41) is 3.68. The molecule has 1 unspecified atom stereocenters. The molecule has 0 spiro atoms. The molecule has 2 aliphatic rings. The van der Waals surface area contributed by atoms with Crippen LogP contribution in [0.15, 0.2) is 12.1 Å². The normalized spacial score (nSPS) is 20.5. The molecule has 1 saturated heterocycles. The molecule has 1 aromatic rings. The molecule has 118 valence electrons. The molecule has 0 aromatic heterocycles. The van der Waals surface area contributed by atoms with Crippen molar-refractivity contribution in [3.05, 3.63) is 27.7 Å². The van der Waals surface area contributed by atoms with E-state index in [-0.39, 0.29) is 24.4 Å². The number of carbonyl (C=O) groups is 2. The van der Waals surface area contributed by atoms with Crippen molar-refractivity contribution in [1.82, 2.24) is 10.2 Å². The number of piperidine rings is 1. The van der Waals surface area contributed by atoms with E-state index in [9.17, 15) is 9.59 Å². The number of ether oxygens (including phenoxy) is 1. The van der Waals surface area contributed by atoms with Gasteiger partial charge in [0.2, 0.25) is 11.8 Å². The third-order valence-corrected chi connectivity index (χ3v) is 4.73. The Labute approximate surface area is 138 Å². The van der Waals surface area contributed by atoms with Crippen molar-refractivity contribution < 1.29 is 14.3 Å². The summed E-state index contributed by atoms with van der Waals surface area (Å²) in [6, 6.07) is 3.22. The number of nitrogens with one attached hydrogen (secondary N) is 1. The van der Waals surface area contributed by atoms with Gasteiger partial charge in [-0.3, -0.25) is 9.59 Å². The third kappa shape index (κ3) is 3.01. The van der Waals surface area contributed by atoms with E-state index >= 15 is 0 Å². The van der Waals surface area contributed by atoms with Gasteiger partial charge in [-0.2, -0.15) is 0 Å². The standard InChI is InChI=1S/C15H16Cl2N2O3/c16-10-5-4-9-11(8-22-15(9)14(10)17)18-12(20)7-19-6-2-1-3-13(19)21/h4-5,11H,1-3,6-8H2,(H,18,20). The quantitative estimate of drug-likeness (QED) is 0.918. The molecule has 2 amide bonds. The van der Waals surface area contributed by atoms with Gasteiger partial charge in [-0.25, -0.2) is 0 Å². The summed E-state index contributed by atoms with van der Waals surface area (Å²) in [7, 11) is 0. The van der Waals surface area contributed by atoms with Crippen LogP contribution in [0.5, 0.6) is 5.75 Å². The fourth-order valence-electron chi connectivity index (χ4n) is 2.79. The second kappa shape index (κ2) is 6.34. The fraction of sp³-hybridized carbons (Fsp3) is 0.467. The van der Waals surface area contributed by atoms with Gasteiger partial charge in [0.1, 0.15) is 17.4 Å². The molecule has 7 heteroatoms. The first-order chi connectivity index (χ1) is 10.6. The average Bonchev–Trinajstić information content (AvgIpc) is 2.89. The number of rotatable bonds is 3. The van der Waals surface area contributed by atoms with Gasteiger partial charge in [-0.15, -0.1) is 0 Å². The Bertz CT molecular complexity index is 621. The minimum atomic E-state index is -0.267. The Morgan fingerprint density at radius 2 is 2.18 bits per heavy atom. The van der Waals surface area contributed by atoms with Crippen LogP contribution in [0.25, 0.3) is 0 Å². The van der Waals surface area contributed by atoms with E-state index in [0.29, 0.717) is 35.4 Å². The smallest absolute Gasteiger partial charge is 0.240 e. The average molecular weight is 343 g/mol. The highest BCUT2D eigenvalue weighted by atomic mass is 35.5. The van der Waals surface area contributed by atoms with E-state index in [4.69, 9.17) is 27.9 Å². The van der Waals surface area contributed by atoms with E-state index in [0.717, 1.165) is 18.4 Å². The lowest BCUT2D eigenvalue weighted by Crippen LogP contribution is -2.44. The predicted octanol–water partition coefficient (Wildman–Crippen LogP) is 2.56. The van der Waals surface area contributed by atoms with Gasteiger partial charge in [0.15, 0.2) is 0 Å². The van der Waals surface area contributed by atoms with Crippen LogP contribution in [0, 0.1) is 0 Å². The number of benzene rings is 1. The minimum absolute atomic E-state index is 0.0410. The van der Waals surface area contributed by atoms with Gasteiger partial charge < -0.3 is 15.0 Å². The highest BCUT2D eigenvalue weighted by Gasteiger charge is 2.29. The van der Waals surface area contributed by atoms with Crippen molar-refractivity contribution in [3.63, 3.8) is 0 Å². The van der Waals surface area contributed by atoms with Crippen molar-refractivity contribution in [2.75, 3.05) is 19.7 Å². The maximum Gasteiger partial charge on any atom is 0.240 e. The SMILES string of the molecule is O=C(CN1CCCCC1=O)NC1COc2c1ccc(Cl)c2Cl. The molecular formula is C15H16Cl2N2O3. The maximum absolute atomic E-state index is 12.2. The zero-order chi connectivity index (χ0) is 15.7. The van der Waals surface area contributed by atoms with Gasteiger partial charge >= 0.3 is 0 Å². The van der Waals surface area contributed by atoms with E-state index < -0.39 is 0 Å². The number of nitrogens with zero attached hydrogens (tertiary/aromatic N) is 1. The van der Waals surface area contributed by atoms with Gasteiger partial charge in [-0.05, 0) is 18.9 Å². The molecule has 2 aliphatic heterocycles. The van der Waals surface area contributed by atoms with E-state index in [2.05, 4.69) is 5.32 Å². The molecule has 0 bridgehead atoms. The summed E-state index contributed by atoms with van der Waals surface area (Å²) in [6.07, 6.45) is 2.37. The van der Waals surface area contributed by atoms with Gasteiger partial charge in [-0.1, -0.05) is 29.3 Å². The zero-order valence-electron chi connectivity index (χ0n) is 11.9. The molecule has 0 radical (unpaired) electrons. The Hall–Kier alpha value is -1.46. The van der Waals surface area contributed by atoms with E-state index in [1.807, 2.05) is 0 Å². The van der Waals surface area contributed by atoms with Crippen molar-refractivity contribution >= 4 is 35.0 Å². The highest BCUT2D eigenvalue weighted by molar-refractivity contribution is 6.43. The maximum atomic E-state index is 12.2. The Balaban J connectivity index is 1.64. The van der Waals surface area contributed by atoms with Crippen LogP contribution in [0.4, 0.5) is 0 Å². The second-order valence-corrected chi connectivity index (χ2v) is 6.27. The Morgan fingerprint density at radius 1 is 1.36 bits per heavy atom. The number of hydrogen-bond acceptors (Lipinski definition) is 3. The van der Waals surface area contributed by atoms with Crippen LogP contribution in [0.3, 0.4) is 0 Å². The summed E-state index contributed by atoms with van der Waals surface area (Å²) in [4.78, 5) is 25.5. The lowest BCUT2D eigenvalue weighted by atomic mass is 10.1. The Kier molecular flexibility index (Phi) is 4.45. The number of fused-ring (bicyclic) bond motifs is 1. The number of carbonyl (C=O) groups excluding carboxylic acids is 2. The summed E-state index contributed by atoms with van der Waals surface area (Å²) in [5.41, 5.74) is 0.813. The minimum Gasteiger partial charge on any atom is -0.489 e. The lowest BCUT2D eigenvalue weighted by Gasteiger charge is -2.26. The number of amides is 2. The van der Waals surface area contributed by atoms with Crippen molar-refractivity contribution in [1.29, 1.82) is 0 Å². The number of halogens is 2. The largest absolute Gasteiger partial charge is 0.489 e. The fourth-order valence-corrected chi connectivity index (χ4v) is 3.16. The molecule has 22 heavy (non-hydrogen) atoms. The summed E-state index contributed by atoms with van der Waals surface area (Å²) in [6.45, 7) is 1.05. The van der Waals surface area contributed by atoms with Crippen LogP contribution in [0.1, 0.15) is 30.9 Å². The third-order valence-electron chi connectivity index (χ3n) is 3.94. The molecule has 0 saturated carbocycles. The topological polar surface area (TPSA) is 58.6 Å². The first-order valence-electron chi connectivity index (χ1n) is 7.24. The second-order valence-electron chi connectivity index (χ2n) is 5.48. The van der Waals surface area contributed by atoms with Crippen molar-refractivity contribution in [2.45, 2.75) is 25.3 Å². The van der Waals surface area contributed by atoms with Crippen molar-refractivity contribution in [2.24, 2.45) is 0 Å². The summed E-state index contributed by atoms with van der Waals surface area (Å²) in [5.74, 6) is 0.371. The van der Waals surface area contributed by atoms with Crippen LogP contribution in [-0.4, -0.2) is 36.4 Å². The van der Waals surface area contributed by atoms with Crippen molar-refractivity contribution in [3.8, 4) is 5.75 Å². The molecule has 2 heterocycles. The van der Waals surface area contributed by atoms with E-state index in [1.54, 1.807) is 17.0 Å². The first kappa shape index (κ1) is 15.4. The van der Waals surface area contributed by atoms with Crippen LogP contribution in [0.2, 0.25) is 10.0 Å². The van der Waals surface area contributed by atoms with E-state index in [1.165, 1.54) is 0 Å².